The van der Waals surface area contributed by atoms with E-state index in [1.54, 1.807) is 18.2 Å². The van der Waals surface area contributed by atoms with Crippen LogP contribution in [-0.2, 0) is 24.2 Å². The summed E-state index contributed by atoms with van der Waals surface area (Å²) in [7, 11) is 0. The predicted molar refractivity (Wildman–Crippen MR) is 121 cm³/mol. The smallest absolute Gasteiger partial charge is 0.234 e. The molecule has 9 heteroatoms. The Morgan fingerprint density at radius 2 is 2.00 bits per heavy atom. The number of aryl methyl sites for hydroxylation is 1. The Hall–Kier alpha value is -1.54. The SMILES string of the molecule is CCn1c(SCC(=O)Nc2c(Cl)cccc2Cl)nnc1-c1csc2c1CCCC2. The molecule has 1 aromatic carbocycles. The van der Waals surface area contributed by atoms with Gasteiger partial charge in [0.1, 0.15) is 0 Å². The van der Waals surface area contributed by atoms with Crippen LogP contribution in [-0.4, -0.2) is 26.4 Å². The molecule has 1 amide bonds. The summed E-state index contributed by atoms with van der Waals surface area (Å²) in [5, 5.41) is 15.4. The van der Waals surface area contributed by atoms with Gasteiger partial charge in [0, 0.05) is 22.4 Å². The number of thiophene rings is 1. The van der Waals surface area contributed by atoms with E-state index in [2.05, 4.69) is 32.4 Å². The van der Waals surface area contributed by atoms with Gasteiger partial charge in [-0.1, -0.05) is 41.0 Å². The Labute approximate surface area is 187 Å². The van der Waals surface area contributed by atoms with Crippen molar-refractivity contribution in [3.63, 3.8) is 0 Å². The van der Waals surface area contributed by atoms with Gasteiger partial charge in [-0.05, 0) is 50.3 Å². The van der Waals surface area contributed by atoms with Gasteiger partial charge in [-0.25, -0.2) is 0 Å². The van der Waals surface area contributed by atoms with E-state index < -0.39 is 0 Å². The number of para-hydroxylation sites is 1. The van der Waals surface area contributed by atoms with Gasteiger partial charge in [-0.15, -0.1) is 21.5 Å². The molecule has 0 saturated carbocycles. The minimum atomic E-state index is -0.190. The van der Waals surface area contributed by atoms with Crippen molar-refractivity contribution in [3.8, 4) is 11.4 Å². The lowest BCUT2D eigenvalue weighted by Gasteiger charge is -2.13. The molecule has 0 atom stereocenters. The summed E-state index contributed by atoms with van der Waals surface area (Å²) in [6, 6.07) is 5.12. The molecular weight excluding hydrogens is 447 g/mol. The fraction of sp³-hybridized carbons (Fsp3) is 0.350. The lowest BCUT2D eigenvalue weighted by molar-refractivity contribution is -0.113. The molecule has 0 fully saturated rings. The van der Waals surface area contributed by atoms with E-state index >= 15 is 0 Å². The van der Waals surface area contributed by atoms with Crippen molar-refractivity contribution in [3.05, 3.63) is 44.1 Å². The number of nitrogens with one attached hydrogen (secondary N) is 1. The highest BCUT2D eigenvalue weighted by molar-refractivity contribution is 7.99. The third-order valence-electron chi connectivity index (χ3n) is 4.89. The number of anilines is 1. The van der Waals surface area contributed by atoms with Crippen molar-refractivity contribution in [2.24, 2.45) is 0 Å². The molecular formula is C20H20Cl2N4OS2. The lowest BCUT2D eigenvalue weighted by atomic mass is 9.96. The topological polar surface area (TPSA) is 59.8 Å². The number of rotatable bonds is 6. The van der Waals surface area contributed by atoms with Gasteiger partial charge in [0.25, 0.3) is 0 Å². The zero-order valence-electron chi connectivity index (χ0n) is 15.9. The maximum atomic E-state index is 12.4. The normalized spacial score (nSPS) is 13.3. The van der Waals surface area contributed by atoms with Crippen molar-refractivity contribution in [1.82, 2.24) is 14.8 Å². The molecule has 0 bridgehead atoms. The molecule has 0 radical (unpaired) electrons. The highest BCUT2D eigenvalue weighted by atomic mass is 35.5. The molecule has 0 aliphatic heterocycles. The Balaban J connectivity index is 1.49. The molecule has 152 valence electrons. The number of amides is 1. The van der Waals surface area contributed by atoms with Crippen LogP contribution < -0.4 is 5.32 Å². The number of halogens is 2. The number of nitrogens with zero attached hydrogens (tertiary/aromatic N) is 3. The minimum absolute atomic E-state index is 0.190. The molecule has 29 heavy (non-hydrogen) atoms. The van der Waals surface area contributed by atoms with Crippen LogP contribution in [0.1, 0.15) is 30.2 Å². The van der Waals surface area contributed by atoms with Crippen LogP contribution in [0, 0.1) is 0 Å². The molecule has 1 aliphatic rings. The number of carbonyl (C=O) groups excluding carboxylic acids is 1. The molecule has 1 N–H and O–H groups in total. The summed E-state index contributed by atoms with van der Waals surface area (Å²) < 4.78 is 2.08. The number of benzene rings is 1. The van der Waals surface area contributed by atoms with E-state index in [-0.39, 0.29) is 11.7 Å². The number of fused-ring (bicyclic) bond motifs is 1. The quantitative estimate of drug-likeness (QED) is 0.456. The van der Waals surface area contributed by atoms with Gasteiger partial charge < -0.3 is 9.88 Å². The van der Waals surface area contributed by atoms with Crippen LogP contribution in [0.25, 0.3) is 11.4 Å². The van der Waals surface area contributed by atoms with Gasteiger partial charge >= 0.3 is 0 Å². The number of hydrogen-bond acceptors (Lipinski definition) is 5. The Kier molecular flexibility index (Phi) is 6.49. The lowest BCUT2D eigenvalue weighted by Crippen LogP contribution is -2.15. The van der Waals surface area contributed by atoms with E-state index in [1.165, 1.54) is 40.6 Å². The maximum Gasteiger partial charge on any atom is 0.234 e. The molecule has 2 aromatic heterocycles. The zero-order valence-corrected chi connectivity index (χ0v) is 19.0. The van der Waals surface area contributed by atoms with Crippen LogP contribution in [0.3, 0.4) is 0 Å². The van der Waals surface area contributed by atoms with E-state index in [0.717, 1.165) is 30.4 Å². The second-order valence-corrected chi connectivity index (χ2v) is 9.46. The third-order valence-corrected chi connectivity index (χ3v) is 7.58. The van der Waals surface area contributed by atoms with Gasteiger partial charge in [-0.2, -0.15) is 0 Å². The molecule has 0 saturated heterocycles. The Morgan fingerprint density at radius 1 is 1.24 bits per heavy atom. The second kappa shape index (κ2) is 9.08. The average molecular weight is 467 g/mol. The number of aromatic nitrogens is 3. The summed E-state index contributed by atoms with van der Waals surface area (Å²) in [6.45, 7) is 2.81. The largest absolute Gasteiger partial charge is 0.323 e. The van der Waals surface area contributed by atoms with Crippen LogP contribution in [0.4, 0.5) is 5.69 Å². The Morgan fingerprint density at radius 3 is 2.76 bits per heavy atom. The Bertz CT molecular complexity index is 1030. The summed E-state index contributed by atoms with van der Waals surface area (Å²) in [5.74, 6) is 0.899. The summed E-state index contributed by atoms with van der Waals surface area (Å²) in [6.07, 6.45) is 4.75. The van der Waals surface area contributed by atoms with Gasteiger partial charge in [0.15, 0.2) is 11.0 Å². The third kappa shape index (κ3) is 4.33. The molecule has 2 heterocycles. The first kappa shape index (κ1) is 20.7. The van der Waals surface area contributed by atoms with Crippen LogP contribution in [0.2, 0.25) is 10.0 Å². The highest BCUT2D eigenvalue weighted by Crippen LogP contribution is 2.37. The van der Waals surface area contributed by atoms with Crippen LogP contribution in [0.15, 0.2) is 28.7 Å². The summed E-state index contributed by atoms with van der Waals surface area (Å²) in [4.78, 5) is 13.9. The van der Waals surface area contributed by atoms with E-state index in [0.29, 0.717) is 15.7 Å². The van der Waals surface area contributed by atoms with Gasteiger partial charge in [0.05, 0.1) is 21.5 Å². The fourth-order valence-electron chi connectivity index (χ4n) is 3.48. The van der Waals surface area contributed by atoms with E-state index in [4.69, 9.17) is 23.2 Å². The molecule has 1 aliphatic carbocycles. The molecule has 4 rings (SSSR count). The number of thioether (sulfide) groups is 1. The monoisotopic (exact) mass is 466 g/mol. The van der Waals surface area contributed by atoms with Gasteiger partial charge in [0.2, 0.25) is 5.91 Å². The molecule has 0 unspecified atom stereocenters. The molecule has 3 aromatic rings. The highest BCUT2D eigenvalue weighted by Gasteiger charge is 2.22. The molecule has 0 spiro atoms. The average Bonchev–Trinajstić information content (AvgIpc) is 3.32. The second-order valence-electron chi connectivity index (χ2n) is 6.74. The first-order chi connectivity index (χ1) is 14.1. The zero-order chi connectivity index (χ0) is 20.4. The first-order valence-corrected chi connectivity index (χ1v) is 12.1. The van der Waals surface area contributed by atoms with Crippen molar-refractivity contribution in [1.29, 1.82) is 0 Å². The van der Waals surface area contributed by atoms with Crippen molar-refractivity contribution in [2.75, 3.05) is 11.1 Å². The van der Waals surface area contributed by atoms with E-state index in [1.807, 2.05) is 11.3 Å². The first-order valence-electron chi connectivity index (χ1n) is 9.48. The molecule has 5 nitrogen and oxygen atoms in total. The van der Waals surface area contributed by atoms with Gasteiger partial charge in [-0.3, -0.25) is 4.79 Å². The summed E-state index contributed by atoms with van der Waals surface area (Å²) in [5.41, 5.74) is 3.05. The summed E-state index contributed by atoms with van der Waals surface area (Å²) >= 11 is 15.4. The maximum absolute atomic E-state index is 12.4. The standard InChI is InChI=1S/C20H20Cl2N4OS2/c1-2-26-19(13-10-28-16-9-4-3-6-12(13)16)24-25-20(26)29-11-17(27)23-18-14(21)7-5-8-15(18)22/h5,7-8,10H,2-4,6,9,11H2,1H3,(H,23,27). The van der Waals surface area contributed by atoms with Crippen molar-refractivity contribution < 1.29 is 4.79 Å². The fourth-order valence-corrected chi connectivity index (χ4v) is 5.90. The number of hydrogen-bond donors (Lipinski definition) is 1. The van der Waals surface area contributed by atoms with Crippen LogP contribution in [0.5, 0.6) is 0 Å². The van der Waals surface area contributed by atoms with Crippen LogP contribution >= 0.6 is 46.3 Å². The number of carbonyl (C=O) groups is 1. The predicted octanol–water partition coefficient (Wildman–Crippen LogP) is 5.94. The van der Waals surface area contributed by atoms with Crippen molar-refractivity contribution in [2.45, 2.75) is 44.3 Å². The minimum Gasteiger partial charge on any atom is -0.323 e. The van der Waals surface area contributed by atoms with Crippen molar-refractivity contribution >= 4 is 57.9 Å². The van der Waals surface area contributed by atoms with E-state index in [9.17, 15) is 4.79 Å².